The Balaban J connectivity index is 1.35. The van der Waals surface area contributed by atoms with Gasteiger partial charge in [0.05, 0.1) is 5.56 Å². The highest BCUT2D eigenvalue weighted by Gasteiger charge is 2.42. The van der Waals surface area contributed by atoms with E-state index in [-0.39, 0.29) is 23.3 Å². The highest BCUT2D eigenvalue weighted by Crippen LogP contribution is 2.35. The summed E-state index contributed by atoms with van der Waals surface area (Å²) in [5.74, 6) is -1.31. The molecule has 5 nitrogen and oxygen atoms in total. The number of anilines is 1. The van der Waals surface area contributed by atoms with E-state index in [0.29, 0.717) is 42.9 Å². The Morgan fingerprint density at radius 2 is 1.66 bits per heavy atom. The number of H-pyrrole nitrogens is 1. The van der Waals surface area contributed by atoms with Crippen LogP contribution < -0.4 is 10.5 Å². The van der Waals surface area contributed by atoms with E-state index in [1.165, 1.54) is 12.1 Å². The van der Waals surface area contributed by atoms with E-state index in [9.17, 15) is 18.4 Å². The molecule has 2 aliphatic heterocycles. The van der Waals surface area contributed by atoms with Crippen molar-refractivity contribution in [3.8, 4) is 0 Å². The molecule has 0 saturated carbocycles. The number of likely N-dealkylation sites (tertiary alicyclic amines) is 1. The van der Waals surface area contributed by atoms with Gasteiger partial charge < -0.3 is 14.8 Å². The van der Waals surface area contributed by atoms with Gasteiger partial charge in [-0.15, -0.1) is 0 Å². The third-order valence-corrected chi connectivity index (χ3v) is 6.02. The second kappa shape index (κ2) is 6.69. The molecule has 1 amide bonds. The van der Waals surface area contributed by atoms with E-state index in [2.05, 4.69) is 4.98 Å². The van der Waals surface area contributed by atoms with E-state index >= 15 is 0 Å². The molecule has 3 aromatic rings. The van der Waals surface area contributed by atoms with E-state index in [0.717, 1.165) is 11.5 Å². The van der Waals surface area contributed by atoms with Crippen LogP contribution in [0.1, 0.15) is 10.4 Å². The van der Waals surface area contributed by atoms with Gasteiger partial charge in [0.15, 0.2) is 11.6 Å². The number of amides is 1. The predicted octanol–water partition coefficient (Wildman–Crippen LogP) is 3.01. The lowest BCUT2D eigenvalue weighted by molar-refractivity contribution is 0.0784. The van der Waals surface area contributed by atoms with Crippen LogP contribution in [-0.4, -0.2) is 42.0 Å². The molecule has 0 bridgehead atoms. The first-order valence-corrected chi connectivity index (χ1v) is 9.61. The van der Waals surface area contributed by atoms with Gasteiger partial charge in [-0.1, -0.05) is 18.2 Å². The molecule has 148 valence electrons. The highest BCUT2D eigenvalue weighted by molar-refractivity contribution is 6.06. The molecule has 0 aliphatic carbocycles. The quantitative estimate of drug-likeness (QED) is 0.726. The van der Waals surface area contributed by atoms with Crippen LogP contribution in [0.5, 0.6) is 0 Å². The fourth-order valence-electron chi connectivity index (χ4n) is 4.60. The Labute approximate surface area is 165 Å². The summed E-state index contributed by atoms with van der Waals surface area (Å²) in [6, 6.07) is 12.6. The molecule has 7 heteroatoms. The van der Waals surface area contributed by atoms with Gasteiger partial charge in [-0.3, -0.25) is 9.59 Å². The zero-order valence-electron chi connectivity index (χ0n) is 15.6. The van der Waals surface area contributed by atoms with E-state index in [1.54, 1.807) is 17.0 Å². The molecule has 1 aromatic heterocycles. The van der Waals surface area contributed by atoms with Crippen LogP contribution >= 0.6 is 0 Å². The SMILES string of the molecule is O=C(c1cc(=O)[nH]c2ccccc12)N1CC2CN(c3ccc(F)c(F)c3)CC2C1. The number of nitrogens with one attached hydrogen (secondary N) is 1. The largest absolute Gasteiger partial charge is 0.371 e. The average Bonchev–Trinajstić information content (AvgIpc) is 3.28. The average molecular weight is 395 g/mol. The summed E-state index contributed by atoms with van der Waals surface area (Å²) in [5.41, 5.74) is 1.43. The number of nitrogens with zero attached hydrogens (tertiary/aromatic N) is 2. The smallest absolute Gasteiger partial charge is 0.254 e. The van der Waals surface area contributed by atoms with Crippen molar-refractivity contribution >= 4 is 22.5 Å². The summed E-state index contributed by atoms with van der Waals surface area (Å²) < 4.78 is 26.8. The number of carbonyl (C=O) groups is 1. The highest BCUT2D eigenvalue weighted by atomic mass is 19.2. The normalized spacial score (nSPS) is 21.0. The number of pyridine rings is 1. The molecule has 29 heavy (non-hydrogen) atoms. The van der Waals surface area contributed by atoms with Crippen LogP contribution in [0.15, 0.2) is 53.3 Å². The molecule has 0 spiro atoms. The van der Waals surface area contributed by atoms with Gasteiger partial charge in [-0.25, -0.2) is 8.78 Å². The number of para-hydroxylation sites is 1. The van der Waals surface area contributed by atoms with Crippen molar-refractivity contribution < 1.29 is 13.6 Å². The Hall–Kier alpha value is -3.22. The fourth-order valence-corrected chi connectivity index (χ4v) is 4.60. The molecule has 2 aromatic carbocycles. The van der Waals surface area contributed by atoms with Gasteiger partial charge in [-0.2, -0.15) is 0 Å². The molecule has 1 N–H and O–H groups in total. The second-order valence-corrected chi connectivity index (χ2v) is 7.83. The van der Waals surface area contributed by atoms with Crippen molar-refractivity contribution in [2.75, 3.05) is 31.1 Å². The summed E-state index contributed by atoms with van der Waals surface area (Å²) in [5, 5.41) is 0.734. The summed E-state index contributed by atoms with van der Waals surface area (Å²) in [4.78, 5) is 31.7. The van der Waals surface area contributed by atoms with Crippen molar-refractivity contribution in [2.45, 2.75) is 0 Å². The maximum atomic E-state index is 13.6. The maximum Gasteiger partial charge on any atom is 0.254 e. The van der Waals surface area contributed by atoms with Crippen molar-refractivity contribution in [3.63, 3.8) is 0 Å². The third kappa shape index (κ3) is 3.06. The minimum atomic E-state index is -0.852. The molecule has 2 aliphatic rings. The van der Waals surface area contributed by atoms with Crippen LogP contribution in [0.4, 0.5) is 14.5 Å². The lowest BCUT2D eigenvalue weighted by Gasteiger charge is -2.23. The number of fused-ring (bicyclic) bond motifs is 2. The van der Waals surface area contributed by atoms with E-state index < -0.39 is 11.6 Å². The van der Waals surface area contributed by atoms with Gasteiger partial charge in [0, 0.05) is 66.7 Å². The van der Waals surface area contributed by atoms with Gasteiger partial charge in [0.1, 0.15) is 0 Å². The number of hydrogen-bond donors (Lipinski definition) is 1. The monoisotopic (exact) mass is 395 g/mol. The van der Waals surface area contributed by atoms with E-state index in [4.69, 9.17) is 0 Å². The summed E-state index contributed by atoms with van der Waals surface area (Å²) in [6.07, 6.45) is 0. The molecule has 5 rings (SSSR count). The summed E-state index contributed by atoms with van der Waals surface area (Å²) >= 11 is 0. The second-order valence-electron chi connectivity index (χ2n) is 7.83. The third-order valence-electron chi connectivity index (χ3n) is 6.02. The van der Waals surface area contributed by atoms with E-state index in [1.807, 2.05) is 23.1 Å². The zero-order chi connectivity index (χ0) is 20.1. The number of halogens is 2. The topological polar surface area (TPSA) is 56.4 Å². The molecule has 2 atom stereocenters. The number of carbonyl (C=O) groups excluding carboxylic acids is 1. The number of benzene rings is 2. The molecular formula is C22H19F2N3O2. The summed E-state index contributed by atoms with van der Waals surface area (Å²) in [7, 11) is 0. The van der Waals surface area contributed by atoms with Gasteiger partial charge in [0.25, 0.3) is 5.91 Å². The number of rotatable bonds is 2. The Kier molecular flexibility index (Phi) is 4.12. The van der Waals surface area contributed by atoms with Crippen LogP contribution in [0.2, 0.25) is 0 Å². The standard InChI is InChI=1S/C22H19F2N3O2/c23-18-6-5-15(7-19(18)24)26-9-13-11-27(12-14(13)10-26)22(29)17-8-21(28)25-20-4-2-1-3-16(17)20/h1-8,13-14H,9-12H2,(H,25,28). The minimum absolute atomic E-state index is 0.138. The molecule has 2 unspecified atom stereocenters. The minimum Gasteiger partial charge on any atom is -0.371 e. The first-order chi connectivity index (χ1) is 14.0. The number of hydrogen-bond acceptors (Lipinski definition) is 3. The van der Waals surface area contributed by atoms with Gasteiger partial charge >= 0.3 is 0 Å². The molecule has 3 heterocycles. The number of aromatic amines is 1. The van der Waals surface area contributed by atoms with Crippen LogP contribution in [0.25, 0.3) is 10.9 Å². The molecule has 2 saturated heterocycles. The van der Waals surface area contributed by atoms with Gasteiger partial charge in [0.2, 0.25) is 5.56 Å². The Morgan fingerprint density at radius 3 is 2.38 bits per heavy atom. The zero-order valence-corrected chi connectivity index (χ0v) is 15.6. The van der Waals surface area contributed by atoms with Crippen molar-refractivity contribution in [3.05, 3.63) is 76.1 Å². The number of aromatic nitrogens is 1. The first kappa shape index (κ1) is 17.8. The van der Waals surface area contributed by atoms with Crippen LogP contribution in [-0.2, 0) is 0 Å². The fraction of sp³-hybridized carbons (Fsp3) is 0.273. The molecule has 0 radical (unpaired) electrons. The van der Waals surface area contributed by atoms with Crippen LogP contribution in [0.3, 0.4) is 0 Å². The van der Waals surface area contributed by atoms with Crippen LogP contribution in [0, 0.1) is 23.5 Å². The predicted molar refractivity (Wildman–Crippen MR) is 106 cm³/mol. The Morgan fingerprint density at radius 1 is 0.931 bits per heavy atom. The maximum absolute atomic E-state index is 13.6. The lowest BCUT2D eigenvalue weighted by atomic mass is 10.0. The van der Waals surface area contributed by atoms with Crippen molar-refractivity contribution in [1.29, 1.82) is 0 Å². The first-order valence-electron chi connectivity index (χ1n) is 9.61. The van der Waals surface area contributed by atoms with Crippen molar-refractivity contribution in [2.24, 2.45) is 11.8 Å². The molecule has 2 fully saturated rings. The molecular weight excluding hydrogens is 376 g/mol. The van der Waals surface area contributed by atoms with Crippen molar-refractivity contribution in [1.82, 2.24) is 9.88 Å². The van der Waals surface area contributed by atoms with Gasteiger partial charge in [-0.05, 0) is 18.2 Å². The summed E-state index contributed by atoms with van der Waals surface area (Å²) in [6.45, 7) is 2.56. The Bertz CT molecular complexity index is 1160. The lowest BCUT2D eigenvalue weighted by Crippen LogP contribution is -2.34.